The van der Waals surface area contributed by atoms with Crippen LogP contribution in [0.5, 0.6) is 11.5 Å². The number of carbonyl (C=O) groups is 1. The zero-order valence-electron chi connectivity index (χ0n) is 20.1. The molecule has 9 heteroatoms. The van der Waals surface area contributed by atoms with Crippen LogP contribution in [0, 0.1) is 5.92 Å². The van der Waals surface area contributed by atoms with Gasteiger partial charge in [0.25, 0.3) is 0 Å². The highest BCUT2D eigenvalue weighted by Crippen LogP contribution is 2.32. The molecule has 34 heavy (non-hydrogen) atoms. The second kappa shape index (κ2) is 10.4. The highest BCUT2D eigenvalue weighted by atomic mass is 32.1. The minimum atomic E-state index is -0.0193. The summed E-state index contributed by atoms with van der Waals surface area (Å²) in [6, 6.07) is 9.46. The van der Waals surface area contributed by atoms with Gasteiger partial charge in [0.05, 0.1) is 42.2 Å². The van der Waals surface area contributed by atoms with E-state index in [1.807, 2.05) is 49.1 Å². The van der Waals surface area contributed by atoms with Crippen molar-refractivity contribution >= 4 is 51.0 Å². The first-order valence-electron chi connectivity index (χ1n) is 11.7. The Labute approximate surface area is 205 Å². The maximum Gasteiger partial charge on any atom is 0.227 e. The van der Waals surface area contributed by atoms with Crippen LogP contribution >= 0.6 is 12.2 Å². The maximum absolute atomic E-state index is 12.8. The van der Waals surface area contributed by atoms with Crippen LogP contribution in [0.25, 0.3) is 22.1 Å². The predicted molar refractivity (Wildman–Crippen MR) is 139 cm³/mol. The molecule has 1 N–H and O–H groups in total. The van der Waals surface area contributed by atoms with Gasteiger partial charge in [0.15, 0.2) is 16.6 Å². The van der Waals surface area contributed by atoms with E-state index in [4.69, 9.17) is 31.7 Å². The number of fused-ring (bicyclic) bond motifs is 2. The van der Waals surface area contributed by atoms with Crippen molar-refractivity contribution in [1.29, 1.82) is 0 Å². The average molecular weight is 482 g/mol. The summed E-state index contributed by atoms with van der Waals surface area (Å²) in [7, 11) is 3.20. The van der Waals surface area contributed by atoms with Gasteiger partial charge >= 0.3 is 0 Å². The zero-order valence-corrected chi connectivity index (χ0v) is 20.9. The van der Waals surface area contributed by atoms with Crippen LogP contribution in [-0.2, 0) is 4.79 Å². The molecule has 1 amide bonds. The number of hydrogen-bond acceptors (Lipinski definition) is 6. The lowest BCUT2D eigenvalue weighted by molar-refractivity contribution is -0.136. The lowest BCUT2D eigenvalue weighted by Crippen LogP contribution is -2.47. The fourth-order valence-corrected chi connectivity index (χ4v) is 4.72. The summed E-state index contributed by atoms with van der Waals surface area (Å²) in [6.07, 6.45) is 1.85. The largest absolute Gasteiger partial charge is 0.493 e. The van der Waals surface area contributed by atoms with E-state index in [2.05, 4.69) is 10.2 Å². The van der Waals surface area contributed by atoms with Crippen molar-refractivity contribution in [2.75, 3.05) is 45.7 Å². The van der Waals surface area contributed by atoms with Crippen molar-refractivity contribution in [2.45, 2.75) is 26.7 Å². The standard InChI is InChI=1S/C25H31N5O3S/c1-5-29(6-2)24(31)16-8-7-11-30(15-16)25(34)26-17-9-10-18-19(12-17)28-21-14-23(33-4)22(32-3)13-20(21)27-18/h9-10,12-14,16H,5-8,11,15H2,1-4H3,(H,26,34)/t16-/m0/s1. The summed E-state index contributed by atoms with van der Waals surface area (Å²) in [6.45, 7) is 6.99. The number of rotatable bonds is 6. The summed E-state index contributed by atoms with van der Waals surface area (Å²) in [4.78, 5) is 26.3. The van der Waals surface area contributed by atoms with Gasteiger partial charge in [-0.25, -0.2) is 9.97 Å². The zero-order chi connectivity index (χ0) is 24.2. The number of aromatic nitrogens is 2. The normalized spacial score (nSPS) is 15.9. The lowest BCUT2D eigenvalue weighted by atomic mass is 9.96. The Hall–Kier alpha value is -3.20. The summed E-state index contributed by atoms with van der Waals surface area (Å²) >= 11 is 5.70. The molecule has 0 radical (unpaired) electrons. The predicted octanol–water partition coefficient (Wildman–Crippen LogP) is 4.08. The minimum Gasteiger partial charge on any atom is -0.493 e. The Bertz CT molecular complexity index is 1210. The number of carbonyl (C=O) groups excluding carboxylic acids is 1. The number of hydrogen-bond donors (Lipinski definition) is 1. The van der Waals surface area contributed by atoms with Crippen LogP contribution in [0.3, 0.4) is 0 Å². The highest BCUT2D eigenvalue weighted by Gasteiger charge is 2.29. The molecule has 1 saturated heterocycles. The van der Waals surface area contributed by atoms with Crippen LogP contribution in [0.1, 0.15) is 26.7 Å². The molecule has 4 rings (SSSR count). The summed E-state index contributed by atoms with van der Waals surface area (Å²) in [5.74, 6) is 1.43. The number of anilines is 1. The number of nitrogens with zero attached hydrogens (tertiary/aromatic N) is 4. The van der Waals surface area contributed by atoms with Gasteiger partial charge in [-0.1, -0.05) is 0 Å². The molecule has 180 valence electrons. The number of benzene rings is 2. The molecule has 0 aliphatic carbocycles. The van der Waals surface area contributed by atoms with E-state index >= 15 is 0 Å². The van der Waals surface area contributed by atoms with E-state index in [1.165, 1.54) is 0 Å². The smallest absolute Gasteiger partial charge is 0.227 e. The minimum absolute atomic E-state index is 0.0193. The fraction of sp³-hybridized carbons (Fsp3) is 0.440. The quantitative estimate of drug-likeness (QED) is 0.417. The number of amides is 1. The Morgan fingerprint density at radius 3 is 2.29 bits per heavy atom. The van der Waals surface area contributed by atoms with Gasteiger partial charge in [-0.05, 0) is 57.1 Å². The van der Waals surface area contributed by atoms with E-state index in [-0.39, 0.29) is 11.8 Å². The molecular weight excluding hydrogens is 450 g/mol. The molecule has 1 fully saturated rings. The average Bonchev–Trinajstić information content (AvgIpc) is 2.87. The highest BCUT2D eigenvalue weighted by molar-refractivity contribution is 7.80. The molecule has 0 bridgehead atoms. The molecule has 2 aromatic carbocycles. The van der Waals surface area contributed by atoms with Crippen LogP contribution < -0.4 is 14.8 Å². The summed E-state index contributed by atoms with van der Waals surface area (Å²) in [5, 5.41) is 3.95. The molecule has 0 spiro atoms. The Kier molecular flexibility index (Phi) is 7.31. The summed E-state index contributed by atoms with van der Waals surface area (Å²) < 4.78 is 10.8. The van der Waals surface area contributed by atoms with Crippen molar-refractivity contribution in [1.82, 2.24) is 19.8 Å². The van der Waals surface area contributed by atoms with Crippen molar-refractivity contribution < 1.29 is 14.3 Å². The Balaban J connectivity index is 1.52. The molecule has 2 heterocycles. The van der Waals surface area contributed by atoms with Crippen molar-refractivity contribution in [3.63, 3.8) is 0 Å². The number of ether oxygens (including phenoxy) is 2. The van der Waals surface area contributed by atoms with E-state index in [0.717, 1.165) is 60.2 Å². The number of likely N-dealkylation sites (tertiary alicyclic amines) is 1. The lowest BCUT2D eigenvalue weighted by Gasteiger charge is -2.36. The van der Waals surface area contributed by atoms with E-state index < -0.39 is 0 Å². The molecule has 8 nitrogen and oxygen atoms in total. The van der Waals surface area contributed by atoms with Gasteiger partial charge < -0.3 is 24.6 Å². The Morgan fingerprint density at radius 1 is 1.06 bits per heavy atom. The second-order valence-corrected chi connectivity index (χ2v) is 8.74. The van der Waals surface area contributed by atoms with E-state index in [0.29, 0.717) is 23.2 Å². The monoisotopic (exact) mass is 481 g/mol. The van der Waals surface area contributed by atoms with Crippen molar-refractivity contribution in [3.05, 3.63) is 30.3 Å². The van der Waals surface area contributed by atoms with Crippen LogP contribution in [0.15, 0.2) is 30.3 Å². The molecule has 1 atom stereocenters. The topological polar surface area (TPSA) is 79.8 Å². The third-order valence-corrected chi connectivity index (χ3v) is 6.68. The van der Waals surface area contributed by atoms with Gasteiger partial charge in [0, 0.05) is 44.0 Å². The van der Waals surface area contributed by atoms with Gasteiger partial charge in [-0.3, -0.25) is 4.79 Å². The first-order valence-corrected chi connectivity index (χ1v) is 12.1. The first kappa shape index (κ1) is 23.9. The van der Waals surface area contributed by atoms with Crippen molar-refractivity contribution in [2.24, 2.45) is 5.92 Å². The fourth-order valence-electron chi connectivity index (χ4n) is 4.44. The molecule has 0 unspecified atom stereocenters. The molecule has 1 aliphatic heterocycles. The van der Waals surface area contributed by atoms with Gasteiger partial charge in [0.2, 0.25) is 5.91 Å². The van der Waals surface area contributed by atoms with Crippen LogP contribution in [0.4, 0.5) is 5.69 Å². The number of thiocarbonyl (C=S) groups is 1. The third-order valence-electron chi connectivity index (χ3n) is 6.32. The third kappa shape index (κ3) is 4.84. The molecule has 1 aromatic heterocycles. The number of methoxy groups -OCH3 is 2. The van der Waals surface area contributed by atoms with Gasteiger partial charge in [0.1, 0.15) is 0 Å². The van der Waals surface area contributed by atoms with Crippen molar-refractivity contribution in [3.8, 4) is 11.5 Å². The Morgan fingerprint density at radius 2 is 1.68 bits per heavy atom. The second-order valence-electron chi connectivity index (χ2n) is 8.35. The number of nitrogens with one attached hydrogen (secondary N) is 1. The van der Waals surface area contributed by atoms with Crippen LogP contribution in [-0.4, -0.2) is 71.2 Å². The number of piperidine rings is 1. The summed E-state index contributed by atoms with van der Waals surface area (Å²) in [5.41, 5.74) is 3.82. The molecule has 1 aliphatic rings. The maximum atomic E-state index is 12.8. The molecule has 3 aromatic rings. The molecule has 0 saturated carbocycles. The van der Waals surface area contributed by atoms with E-state index in [1.54, 1.807) is 14.2 Å². The van der Waals surface area contributed by atoms with E-state index in [9.17, 15) is 4.79 Å². The van der Waals surface area contributed by atoms with Gasteiger partial charge in [-0.2, -0.15) is 0 Å². The van der Waals surface area contributed by atoms with Gasteiger partial charge in [-0.15, -0.1) is 0 Å². The van der Waals surface area contributed by atoms with Crippen LogP contribution in [0.2, 0.25) is 0 Å². The molecular formula is C25H31N5O3S. The first-order chi connectivity index (χ1) is 16.5. The SMILES string of the molecule is CCN(CC)C(=O)[C@H]1CCCN(C(=S)Nc2ccc3nc4cc(OC)c(OC)cc4nc3c2)C1.